The summed E-state index contributed by atoms with van der Waals surface area (Å²) in [4.78, 5) is 21.2. The van der Waals surface area contributed by atoms with Gasteiger partial charge in [-0.3, -0.25) is 14.9 Å². The molecule has 0 aliphatic rings. The van der Waals surface area contributed by atoms with Crippen molar-refractivity contribution in [3.63, 3.8) is 0 Å². The van der Waals surface area contributed by atoms with Crippen molar-refractivity contribution in [2.45, 2.75) is 6.42 Å². The third kappa shape index (κ3) is 4.72. The highest BCUT2D eigenvalue weighted by Crippen LogP contribution is 2.22. The molecule has 0 atom stereocenters. The van der Waals surface area contributed by atoms with Crippen molar-refractivity contribution in [1.82, 2.24) is 5.32 Å². The van der Waals surface area contributed by atoms with Crippen LogP contribution in [0.15, 0.2) is 12.1 Å². The number of hydrogen-bond donors (Lipinski definition) is 2. The van der Waals surface area contributed by atoms with Gasteiger partial charge in [0.05, 0.1) is 18.1 Å². The molecule has 116 valence electrons. The lowest BCUT2D eigenvalue weighted by Gasteiger charge is -2.07. The van der Waals surface area contributed by atoms with Gasteiger partial charge in [0, 0.05) is 19.2 Å². The molecule has 0 radical (unpaired) electrons. The highest BCUT2D eigenvalue weighted by Gasteiger charge is 2.25. The van der Waals surface area contributed by atoms with Crippen LogP contribution in [0, 0.1) is 21.7 Å². The molecule has 0 aromatic heterocycles. The van der Waals surface area contributed by atoms with Gasteiger partial charge >= 0.3 is 5.69 Å². The number of carbonyl (C=O) groups excluding carboxylic acids is 1. The molecule has 1 rings (SSSR count). The molecule has 0 unspecified atom stereocenters. The van der Waals surface area contributed by atoms with Gasteiger partial charge in [0.15, 0.2) is 0 Å². The number of rotatable bonds is 8. The van der Waals surface area contributed by atoms with Crippen molar-refractivity contribution in [3.8, 4) is 0 Å². The normalized spacial score (nSPS) is 10.4. The van der Waals surface area contributed by atoms with Crippen LogP contribution < -0.4 is 5.32 Å². The van der Waals surface area contributed by atoms with Crippen LogP contribution in [0.25, 0.3) is 0 Å². The van der Waals surface area contributed by atoms with Crippen LogP contribution in [0.4, 0.5) is 14.5 Å². The van der Waals surface area contributed by atoms with Gasteiger partial charge in [0.25, 0.3) is 5.91 Å². The van der Waals surface area contributed by atoms with E-state index in [9.17, 15) is 23.7 Å². The zero-order valence-corrected chi connectivity index (χ0v) is 11.0. The molecule has 1 amide bonds. The predicted molar refractivity (Wildman–Crippen MR) is 67.9 cm³/mol. The summed E-state index contributed by atoms with van der Waals surface area (Å²) in [6.45, 7) is 0.352. The molecule has 0 aliphatic carbocycles. The highest BCUT2D eigenvalue weighted by atomic mass is 19.1. The van der Waals surface area contributed by atoms with Crippen LogP contribution in [0.2, 0.25) is 0 Å². The van der Waals surface area contributed by atoms with E-state index in [1.165, 1.54) is 0 Å². The van der Waals surface area contributed by atoms with Crippen LogP contribution >= 0.6 is 0 Å². The molecule has 7 nitrogen and oxygen atoms in total. The van der Waals surface area contributed by atoms with Crippen LogP contribution in [-0.4, -0.2) is 42.3 Å². The monoisotopic (exact) mass is 304 g/mol. The van der Waals surface area contributed by atoms with E-state index in [2.05, 4.69) is 5.32 Å². The highest BCUT2D eigenvalue weighted by molar-refractivity contribution is 5.95. The fourth-order valence-corrected chi connectivity index (χ4v) is 1.52. The minimum atomic E-state index is -1.51. The summed E-state index contributed by atoms with van der Waals surface area (Å²) in [5.74, 6) is -3.75. The minimum absolute atomic E-state index is 0.0752. The number of amides is 1. The second-order valence-electron chi connectivity index (χ2n) is 3.96. The molecule has 0 spiro atoms. The number of carbonyl (C=O) groups is 1. The first-order valence-corrected chi connectivity index (χ1v) is 6.08. The van der Waals surface area contributed by atoms with Crippen LogP contribution in [-0.2, 0) is 4.74 Å². The van der Waals surface area contributed by atoms with Gasteiger partial charge in [-0.25, -0.2) is 4.39 Å². The number of nitro groups is 1. The van der Waals surface area contributed by atoms with E-state index in [1.54, 1.807) is 0 Å². The van der Waals surface area contributed by atoms with Gasteiger partial charge < -0.3 is 15.2 Å². The van der Waals surface area contributed by atoms with Crippen LogP contribution in [0.3, 0.4) is 0 Å². The molecule has 2 N–H and O–H groups in total. The molecule has 0 heterocycles. The summed E-state index contributed by atoms with van der Waals surface area (Å²) < 4.78 is 32.1. The molecular weight excluding hydrogens is 290 g/mol. The smallest absolute Gasteiger partial charge is 0.305 e. The van der Waals surface area contributed by atoms with Gasteiger partial charge in [-0.05, 0) is 12.5 Å². The van der Waals surface area contributed by atoms with Crippen molar-refractivity contribution < 1.29 is 28.3 Å². The van der Waals surface area contributed by atoms with E-state index < -0.39 is 33.7 Å². The maximum Gasteiger partial charge on any atom is 0.305 e. The lowest BCUT2D eigenvalue weighted by molar-refractivity contribution is -0.387. The van der Waals surface area contributed by atoms with Gasteiger partial charge in [-0.1, -0.05) is 0 Å². The zero-order chi connectivity index (χ0) is 15.8. The Kier molecular flexibility index (Phi) is 6.63. The van der Waals surface area contributed by atoms with Gasteiger partial charge in [0.2, 0.25) is 5.82 Å². The standard InChI is InChI=1S/C12H14F2N2O5/c13-8-2-3-9(16(19)20)11(14)10(8)12(18)15-4-1-6-21-7-5-17/h2-3,17H,1,4-7H2,(H,15,18). The van der Waals surface area contributed by atoms with E-state index in [0.29, 0.717) is 18.6 Å². The Balaban J connectivity index is 2.66. The average molecular weight is 304 g/mol. The van der Waals surface area contributed by atoms with E-state index in [-0.39, 0.29) is 26.4 Å². The minimum Gasteiger partial charge on any atom is -0.394 e. The molecule has 0 aliphatic heterocycles. The molecule has 0 bridgehead atoms. The van der Waals surface area contributed by atoms with Crippen molar-refractivity contribution >= 4 is 11.6 Å². The van der Waals surface area contributed by atoms with Crippen molar-refractivity contribution in [2.24, 2.45) is 0 Å². The zero-order valence-electron chi connectivity index (χ0n) is 11.0. The number of ether oxygens (including phenoxy) is 1. The lowest BCUT2D eigenvalue weighted by Crippen LogP contribution is -2.27. The molecule has 1 aromatic carbocycles. The van der Waals surface area contributed by atoms with Crippen molar-refractivity contribution in [3.05, 3.63) is 39.4 Å². The number of halogens is 2. The number of nitro benzene ring substituents is 1. The van der Waals surface area contributed by atoms with Crippen molar-refractivity contribution in [1.29, 1.82) is 0 Å². The molecule has 9 heteroatoms. The SMILES string of the molecule is O=C(NCCCOCCO)c1c(F)ccc([N+](=O)[O-])c1F. The Hall–Kier alpha value is -2.13. The summed E-state index contributed by atoms with van der Waals surface area (Å²) in [6, 6.07) is 1.32. The third-order valence-corrected chi connectivity index (χ3v) is 2.48. The fourth-order valence-electron chi connectivity index (χ4n) is 1.52. The second kappa shape index (κ2) is 8.22. The maximum atomic E-state index is 13.7. The summed E-state index contributed by atoms with van der Waals surface area (Å²) in [5.41, 5.74) is -1.95. The number of hydrogen-bond acceptors (Lipinski definition) is 5. The molecule has 0 fully saturated rings. The fraction of sp³-hybridized carbons (Fsp3) is 0.417. The summed E-state index contributed by atoms with van der Waals surface area (Å²) in [6.07, 6.45) is 0.365. The summed E-state index contributed by atoms with van der Waals surface area (Å²) >= 11 is 0. The van der Waals surface area contributed by atoms with E-state index >= 15 is 0 Å². The molecule has 1 aromatic rings. The first kappa shape index (κ1) is 16.9. The van der Waals surface area contributed by atoms with Crippen LogP contribution in [0.1, 0.15) is 16.8 Å². The quantitative estimate of drug-likeness (QED) is 0.424. The molecule has 21 heavy (non-hydrogen) atoms. The molecule has 0 saturated heterocycles. The summed E-state index contributed by atoms with van der Waals surface area (Å²) in [7, 11) is 0. The maximum absolute atomic E-state index is 13.7. The third-order valence-electron chi connectivity index (χ3n) is 2.48. The predicted octanol–water partition coefficient (Wildman–Crippen LogP) is 1.00. The van der Waals surface area contributed by atoms with Gasteiger partial charge in [-0.2, -0.15) is 4.39 Å². The van der Waals surface area contributed by atoms with Crippen LogP contribution in [0.5, 0.6) is 0 Å². The number of aliphatic hydroxyl groups excluding tert-OH is 1. The largest absolute Gasteiger partial charge is 0.394 e. The van der Waals surface area contributed by atoms with Crippen molar-refractivity contribution in [2.75, 3.05) is 26.4 Å². The average Bonchev–Trinajstić information content (AvgIpc) is 2.42. The topological polar surface area (TPSA) is 102 Å². The number of nitrogens with one attached hydrogen (secondary N) is 1. The van der Waals surface area contributed by atoms with Gasteiger partial charge in [0.1, 0.15) is 11.4 Å². The Morgan fingerprint density at radius 3 is 2.71 bits per heavy atom. The Bertz CT molecular complexity index is 525. The first-order valence-electron chi connectivity index (χ1n) is 6.08. The Morgan fingerprint density at radius 1 is 1.38 bits per heavy atom. The second-order valence-corrected chi connectivity index (χ2v) is 3.96. The molecular formula is C12H14F2N2O5. The number of aliphatic hydroxyl groups is 1. The Labute approximate surface area is 118 Å². The van der Waals surface area contributed by atoms with E-state index in [1.807, 2.05) is 0 Å². The van der Waals surface area contributed by atoms with E-state index in [4.69, 9.17) is 9.84 Å². The van der Waals surface area contributed by atoms with E-state index in [0.717, 1.165) is 0 Å². The molecule has 0 saturated carbocycles. The van der Waals surface area contributed by atoms with Gasteiger partial charge in [-0.15, -0.1) is 0 Å². The number of nitrogens with zero attached hydrogens (tertiary/aromatic N) is 1. The summed E-state index contributed by atoms with van der Waals surface area (Å²) in [5, 5.41) is 21.2. The number of benzene rings is 1. The Morgan fingerprint density at radius 2 is 2.10 bits per heavy atom. The lowest BCUT2D eigenvalue weighted by atomic mass is 10.1. The first-order chi connectivity index (χ1) is 9.99.